The molecule has 0 saturated heterocycles. The topological polar surface area (TPSA) is 136 Å². The number of hydrogen-bond donors (Lipinski definition) is 2. The van der Waals surface area contributed by atoms with Crippen molar-refractivity contribution in [1.82, 2.24) is 9.36 Å². The number of rotatable bonds is 13. The van der Waals surface area contributed by atoms with Gasteiger partial charge in [0.1, 0.15) is 11.5 Å². The maximum atomic E-state index is 11.2. The Morgan fingerprint density at radius 2 is 1.71 bits per heavy atom. The molecule has 0 aliphatic carbocycles. The van der Waals surface area contributed by atoms with Crippen LogP contribution in [0.1, 0.15) is 24.0 Å². The lowest BCUT2D eigenvalue weighted by molar-refractivity contribution is -0.384. The van der Waals surface area contributed by atoms with E-state index in [9.17, 15) is 10.1 Å². The first kappa shape index (κ1) is 25.4. The van der Waals surface area contributed by atoms with Gasteiger partial charge in [0, 0.05) is 58.0 Å². The fourth-order valence-electron chi connectivity index (χ4n) is 3.24. The van der Waals surface area contributed by atoms with Crippen molar-refractivity contribution in [2.75, 3.05) is 51.2 Å². The van der Waals surface area contributed by atoms with Gasteiger partial charge in [0.25, 0.3) is 5.69 Å². The van der Waals surface area contributed by atoms with Crippen LogP contribution in [-0.2, 0) is 9.47 Å². The van der Waals surface area contributed by atoms with E-state index in [2.05, 4.69) is 25.2 Å². The second kappa shape index (κ2) is 12.3. The SMILES string of the molecule is COCCCNc1nc(NCCCOC)c(N=Nc2snc3ccc([N+](=O)[O-])cc23)c(C)c1C. The highest BCUT2D eigenvalue weighted by molar-refractivity contribution is 7.11. The van der Waals surface area contributed by atoms with E-state index in [1.54, 1.807) is 20.3 Å². The highest BCUT2D eigenvalue weighted by Crippen LogP contribution is 2.38. The normalized spacial score (nSPS) is 11.4. The summed E-state index contributed by atoms with van der Waals surface area (Å²) in [6.45, 7) is 6.64. The van der Waals surface area contributed by atoms with Gasteiger partial charge >= 0.3 is 0 Å². The third-order valence-electron chi connectivity index (χ3n) is 5.25. The number of fused-ring (bicyclic) bond motifs is 1. The molecule has 0 fully saturated rings. The highest BCUT2D eigenvalue weighted by Gasteiger charge is 2.16. The first-order valence-corrected chi connectivity index (χ1v) is 11.7. The van der Waals surface area contributed by atoms with Crippen LogP contribution in [0.3, 0.4) is 0 Å². The molecule has 0 aliphatic heterocycles. The fourth-order valence-corrected chi connectivity index (χ4v) is 3.93. The van der Waals surface area contributed by atoms with Crippen LogP contribution in [0.25, 0.3) is 10.9 Å². The third kappa shape index (κ3) is 6.22. The van der Waals surface area contributed by atoms with Crippen LogP contribution < -0.4 is 10.6 Å². The molecule has 1 aromatic carbocycles. The number of ether oxygens (including phenoxy) is 2. The summed E-state index contributed by atoms with van der Waals surface area (Å²) in [7, 11) is 3.35. The number of nitrogens with one attached hydrogen (secondary N) is 2. The number of aromatic nitrogens is 2. The lowest BCUT2D eigenvalue weighted by Gasteiger charge is -2.16. The summed E-state index contributed by atoms with van der Waals surface area (Å²) in [5.74, 6) is 1.39. The molecule has 0 amide bonds. The predicted molar refractivity (Wildman–Crippen MR) is 134 cm³/mol. The second-order valence-electron chi connectivity index (χ2n) is 7.60. The van der Waals surface area contributed by atoms with Gasteiger partial charge < -0.3 is 20.1 Å². The molecule has 0 saturated carbocycles. The number of azo groups is 1. The summed E-state index contributed by atoms with van der Waals surface area (Å²) < 4.78 is 14.6. The molecule has 182 valence electrons. The summed E-state index contributed by atoms with van der Waals surface area (Å²) >= 11 is 1.15. The van der Waals surface area contributed by atoms with Crippen LogP contribution in [-0.4, -0.2) is 54.8 Å². The molecule has 34 heavy (non-hydrogen) atoms. The molecule has 0 unspecified atom stereocenters. The molecule has 3 rings (SSSR count). The number of nitro groups is 1. The highest BCUT2D eigenvalue weighted by atomic mass is 32.1. The van der Waals surface area contributed by atoms with E-state index in [0.717, 1.165) is 47.9 Å². The molecule has 0 atom stereocenters. The number of methoxy groups -OCH3 is 2. The molecule has 2 heterocycles. The average Bonchev–Trinajstić information content (AvgIpc) is 3.24. The molecule has 0 aliphatic rings. The van der Waals surface area contributed by atoms with Gasteiger partial charge in [-0.15, -0.1) is 10.2 Å². The molecule has 3 aromatic rings. The van der Waals surface area contributed by atoms with Gasteiger partial charge in [-0.3, -0.25) is 10.1 Å². The summed E-state index contributed by atoms with van der Waals surface area (Å²) in [5.41, 5.74) is 3.15. The smallest absolute Gasteiger partial charge is 0.270 e. The van der Waals surface area contributed by atoms with E-state index >= 15 is 0 Å². The first-order valence-electron chi connectivity index (χ1n) is 10.9. The molecule has 0 radical (unpaired) electrons. The minimum atomic E-state index is -0.435. The number of pyridine rings is 1. The van der Waals surface area contributed by atoms with Crippen LogP contribution in [0.4, 0.5) is 28.0 Å². The van der Waals surface area contributed by atoms with Crippen LogP contribution in [0.2, 0.25) is 0 Å². The standard InChI is InChI=1S/C22H29N7O4S/c1-14-15(2)20(23-9-5-11-32-3)25-21(24-10-6-12-33-4)19(14)26-27-22-17-13-16(29(30)31)7-8-18(17)28-34-22/h7-8,13H,5-6,9-12H2,1-4H3,(H2,23,24,25). The lowest BCUT2D eigenvalue weighted by Crippen LogP contribution is -2.12. The molecular formula is C22H29N7O4S. The molecule has 0 bridgehead atoms. The molecule has 0 spiro atoms. The number of anilines is 2. The van der Waals surface area contributed by atoms with Crippen LogP contribution in [0.5, 0.6) is 0 Å². The van der Waals surface area contributed by atoms with Crippen molar-refractivity contribution >= 4 is 50.4 Å². The summed E-state index contributed by atoms with van der Waals surface area (Å²) in [6.07, 6.45) is 1.67. The number of benzene rings is 1. The van der Waals surface area contributed by atoms with Crippen molar-refractivity contribution in [3.8, 4) is 0 Å². The maximum Gasteiger partial charge on any atom is 0.270 e. The third-order valence-corrected chi connectivity index (χ3v) is 6.01. The largest absolute Gasteiger partial charge is 0.385 e. The van der Waals surface area contributed by atoms with Gasteiger partial charge in [-0.05, 0) is 55.4 Å². The van der Waals surface area contributed by atoms with E-state index in [1.165, 1.54) is 12.1 Å². The monoisotopic (exact) mass is 487 g/mol. The van der Waals surface area contributed by atoms with Crippen molar-refractivity contribution in [1.29, 1.82) is 0 Å². The van der Waals surface area contributed by atoms with E-state index in [0.29, 0.717) is 47.2 Å². The quantitative estimate of drug-likeness (QED) is 0.139. The van der Waals surface area contributed by atoms with E-state index < -0.39 is 4.92 Å². The number of nitrogens with zero attached hydrogens (tertiary/aromatic N) is 5. The van der Waals surface area contributed by atoms with Gasteiger partial charge in [0.2, 0.25) is 0 Å². The predicted octanol–water partition coefficient (Wildman–Crippen LogP) is 5.53. The Balaban J connectivity index is 1.94. The molecule has 11 nitrogen and oxygen atoms in total. The summed E-state index contributed by atoms with van der Waals surface area (Å²) in [4.78, 5) is 15.5. The summed E-state index contributed by atoms with van der Waals surface area (Å²) in [6, 6.07) is 4.52. The Morgan fingerprint density at radius 3 is 2.35 bits per heavy atom. The zero-order valence-corrected chi connectivity index (χ0v) is 20.6. The fraction of sp³-hybridized carbons (Fsp3) is 0.455. The van der Waals surface area contributed by atoms with Gasteiger partial charge in [-0.1, -0.05) is 0 Å². The zero-order chi connectivity index (χ0) is 24.5. The molecule has 12 heteroatoms. The molecular weight excluding hydrogens is 458 g/mol. The molecule has 2 aromatic heterocycles. The van der Waals surface area contributed by atoms with Gasteiger partial charge in [0.05, 0.1) is 10.4 Å². The Labute approximate surface area is 201 Å². The van der Waals surface area contributed by atoms with Crippen molar-refractivity contribution in [3.63, 3.8) is 0 Å². The van der Waals surface area contributed by atoms with Crippen molar-refractivity contribution in [2.24, 2.45) is 10.2 Å². The number of non-ortho nitro benzene ring substituents is 1. The zero-order valence-electron chi connectivity index (χ0n) is 19.8. The van der Waals surface area contributed by atoms with E-state index in [4.69, 9.17) is 14.5 Å². The average molecular weight is 488 g/mol. The minimum absolute atomic E-state index is 0.0118. The number of nitro benzene ring substituents is 1. The Kier molecular flexibility index (Phi) is 9.19. The maximum absolute atomic E-state index is 11.2. The minimum Gasteiger partial charge on any atom is -0.385 e. The van der Waals surface area contributed by atoms with Crippen LogP contribution in [0, 0.1) is 24.0 Å². The Bertz CT molecular complexity index is 1170. The van der Waals surface area contributed by atoms with Gasteiger partial charge in [0.15, 0.2) is 10.8 Å². The van der Waals surface area contributed by atoms with Crippen molar-refractivity contribution in [3.05, 3.63) is 39.4 Å². The van der Waals surface area contributed by atoms with E-state index in [1.807, 2.05) is 13.8 Å². The van der Waals surface area contributed by atoms with Crippen LogP contribution >= 0.6 is 11.5 Å². The number of hydrogen-bond acceptors (Lipinski definition) is 11. The van der Waals surface area contributed by atoms with Crippen LogP contribution in [0.15, 0.2) is 28.4 Å². The van der Waals surface area contributed by atoms with Crippen molar-refractivity contribution < 1.29 is 14.4 Å². The van der Waals surface area contributed by atoms with Crippen molar-refractivity contribution in [2.45, 2.75) is 26.7 Å². The molecule has 2 N–H and O–H groups in total. The summed E-state index contributed by atoms with van der Waals surface area (Å²) in [5, 5.41) is 27.9. The van der Waals surface area contributed by atoms with E-state index in [-0.39, 0.29) is 5.69 Å². The Morgan fingerprint density at radius 1 is 1.03 bits per heavy atom. The lowest BCUT2D eigenvalue weighted by atomic mass is 10.1. The van der Waals surface area contributed by atoms with Gasteiger partial charge in [-0.25, -0.2) is 4.98 Å². The second-order valence-corrected chi connectivity index (χ2v) is 8.35. The Hall–Kier alpha value is -3.22. The first-order chi connectivity index (χ1) is 16.5. The van der Waals surface area contributed by atoms with Gasteiger partial charge in [-0.2, -0.15) is 4.37 Å².